The van der Waals surface area contributed by atoms with Crippen LogP contribution in [-0.4, -0.2) is 41.3 Å². The van der Waals surface area contributed by atoms with E-state index in [2.05, 4.69) is 14.9 Å². The molecule has 0 saturated carbocycles. The minimum absolute atomic E-state index is 0.00334. The number of hydrogen-bond acceptors (Lipinski definition) is 7. The highest BCUT2D eigenvalue weighted by Crippen LogP contribution is 2.24. The Labute approximate surface area is 96.7 Å². The molecule has 0 bridgehead atoms. The van der Waals surface area contributed by atoms with E-state index in [1.54, 1.807) is 11.8 Å². The minimum atomic E-state index is -0.394. The average molecular weight is 244 g/mol. The third kappa shape index (κ3) is 2.73. The summed E-state index contributed by atoms with van der Waals surface area (Å²) >= 11 is 1.79. The summed E-state index contributed by atoms with van der Waals surface area (Å²) in [5.41, 5.74) is 0. The highest BCUT2D eigenvalue weighted by molar-refractivity contribution is 7.99. The van der Waals surface area contributed by atoms with Gasteiger partial charge in [0.15, 0.2) is 0 Å². The van der Waals surface area contributed by atoms with Gasteiger partial charge in [-0.25, -0.2) is 0 Å². The molecule has 1 fully saturated rings. The average Bonchev–Trinajstić information content (AvgIpc) is 2.78. The van der Waals surface area contributed by atoms with Gasteiger partial charge in [0.25, 0.3) is 0 Å². The molecule has 1 aliphatic heterocycles. The molecule has 6 nitrogen and oxygen atoms in total. The Morgan fingerprint density at radius 3 is 3.25 bits per heavy atom. The molecule has 0 aromatic carbocycles. The number of carbonyl (C=O) groups is 1. The summed E-state index contributed by atoms with van der Waals surface area (Å²) in [6.07, 6.45) is -0.127. The Morgan fingerprint density at radius 1 is 1.69 bits per heavy atom. The van der Waals surface area contributed by atoms with E-state index in [9.17, 15) is 4.79 Å². The topological polar surface area (TPSA) is 74.5 Å². The first kappa shape index (κ1) is 11.4. The van der Waals surface area contributed by atoms with Gasteiger partial charge in [0.2, 0.25) is 11.7 Å². The fraction of sp³-hybridized carbons (Fsp3) is 0.667. The van der Waals surface area contributed by atoms with E-state index in [0.29, 0.717) is 12.4 Å². The smallest absolute Gasteiger partial charge is 0.315 e. The number of aromatic nitrogens is 2. The molecule has 16 heavy (non-hydrogen) atoms. The van der Waals surface area contributed by atoms with Crippen molar-refractivity contribution in [3.05, 3.63) is 11.7 Å². The van der Waals surface area contributed by atoms with Crippen molar-refractivity contribution in [3.8, 4) is 0 Å². The highest BCUT2D eigenvalue weighted by atomic mass is 32.2. The van der Waals surface area contributed by atoms with E-state index < -0.39 is 5.97 Å². The van der Waals surface area contributed by atoms with Crippen LogP contribution in [0.25, 0.3) is 0 Å². The van der Waals surface area contributed by atoms with Gasteiger partial charge >= 0.3 is 5.97 Å². The first-order chi connectivity index (χ1) is 7.79. The predicted octanol–water partition coefficient (Wildman–Crippen LogP) is 0.590. The fourth-order valence-electron chi connectivity index (χ4n) is 1.30. The van der Waals surface area contributed by atoms with Gasteiger partial charge in [-0.05, 0) is 0 Å². The molecular weight excluding hydrogens is 232 g/mol. The predicted molar refractivity (Wildman–Crippen MR) is 56.0 cm³/mol. The minimum Gasteiger partial charge on any atom is -0.469 e. The number of esters is 1. The van der Waals surface area contributed by atoms with Crippen LogP contribution in [0.5, 0.6) is 0 Å². The van der Waals surface area contributed by atoms with Crippen LogP contribution in [0.2, 0.25) is 0 Å². The number of ether oxygens (including phenoxy) is 2. The standard InChI is InChI=1S/C9H12N2O4S/c1-13-8(12)4-7-10-9(11-15-7)6-5-16-3-2-14-6/h6H,2-5H2,1H3. The highest BCUT2D eigenvalue weighted by Gasteiger charge is 2.22. The number of methoxy groups -OCH3 is 1. The molecule has 2 rings (SSSR count). The summed E-state index contributed by atoms with van der Waals surface area (Å²) in [6, 6.07) is 0. The summed E-state index contributed by atoms with van der Waals surface area (Å²) < 4.78 is 14.9. The molecular formula is C9H12N2O4S. The summed E-state index contributed by atoms with van der Waals surface area (Å²) in [7, 11) is 1.32. The van der Waals surface area contributed by atoms with Crippen LogP contribution in [0.15, 0.2) is 4.52 Å². The van der Waals surface area contributed by atoms with Gasteiger partial charge in [0.1, 0.15) is 12.5 Å². The normalized spacial score (nSPS) is 20.7. The first-order valence-electron chi connectivity index (χ1n) is 4.88. The number of nitrogens with zero attached hydrogens (tertiary/aromatic N) is 2. The molecule has 1 atom stereocenters. The second-order valence-electron chi connectivity index (χ2n) is 3.23. The first-order valence-corrected chi connectivity index (χ1v) is 6.03. The lowest BCUT2D eigenvalue weighted by Gasteiger charge is -2.18. The summed E-state index contributed by atoms with van der Waals surface area (Å²) in [5.74, 6) is 2.18. The van der Waals surface area contributed by atoms with Gasteiger partial charge in [0, 0.05) is 11.5 Å². The molecule has 2 heterocycles. The van der Waals surface area contributed by atoms with Crippen LogP contribution in [0.4, 0.5) is 0 Å². The van der Waals surface area contributed by atoms with E-state index in [1.807, 2.05) is 0 Å². The monoisotopic (exact) mass is 244 g/mol. The van der Waals surface area contributed by atoms with Crippen LogP contribution < -0.4 is 0 Å². The largest absolute Gasteiger partial charge is 0.469 e. The van der Waals surface area contributed by atoms with Crippen LogP contribution >= 0.6 is 11.8 Å². The van der Waals surface area contributed by atoms with Crippen LogP contribution in [0, 0.1) is 0 Å². The van der Waals surface area contributed by atoms with Crippen molar-refractivity contribution in [2.24, 2.45) is 0 Å². The SMILES string of the molecule is COC(=O)Cc1nc(C2CSCCO2)no1. The molecule has 1 aliphatic rings. The molecule has 0 radical (unpaired) electrons. The van der Waals surface area contributed by atoms with Crippen LogP contribution in [0.1, 0.15) is 17.8 Å². The molecule has 1 aromatic heterocycles. The van der Waals surface area contributed by atoms with Crippen LogP contribution in [-0.2, 0) is 20.7 Å². The zero-order valence-electron chi connectivity index (χ0n) is 8.84. The lowest BCUT2D eigenvalue weighted by molar-refractivity contribution is -0.140. The lowest BCUT2D eigenvalue weighted by Crippen LogP contribution is -2.16. The van der Waals surface area contributed by atoms with E-state index in [-0.39, 0.29) is 18.4 Å². The van der Waals surface area contributed by atoms with Gasteiger partial charge in [-0.1, -0.05) is 5.16 Å². The number of thioether (sulfide) groups is 1. The second-order valence-corrected chi connectivity index (χ2v) is 4.38. The van der Waals surface area contributed by atoms with Gasteiger partial charge in [-0.15, -0.1) is 0 Å². The Morgan fingerprint density at radius 2 is 2.56 bits per heavy atom. The third-order valence-corrected chi connectivity index (χ3v) is 3.10. The van der Waals surface area contributed by atoms with E-state index in [1.165, 1.54) is 7.11 Å². The molecule has 0 amide bonds. The van der Waals surface area contributed by atoms with E-state index in [0.717, 1.165) is 11.5 Å². The van der Waals surface area contributed by atoms with E-state index >= 15 is 0 Å². The summed E-state index contributed by atoms with van der Waals surface area (Å²) in [6.45, 7) is 0.691. The maximum atomic E-state index is 11.0. The van der Waals surface area contributed by atoms with Crippen molar-refractivity contribution in [3.63, 3.8) is 0 Å². The Bertz CT molecular complexity index is 362. The Hall–Kier alpha value is -1.08. The summed E-state index contributed by atoms with van der Waals surface area (Å²) in [5, 5.41) is 3.79. The molecule has 0 N–H and O–H groups in total. The second kappa shape index (κ2) is 5.31. The van der Waals surface area contributed by atoms with Crippen molar-refractivity contribution in [1.29, 1.82) is 0 Å². The molecule has 0 spiro atoms. The fourth-order valence-corrected chi connectivity index (χ4v) is 2.14. The Kier molecular flexibility index (Phi) is 3.79. The molecule has 1 saturated heterocycles. The van der Waals surface area contributed by atoms with Crippen molar-refractivity contribution < 1.29 is 18.8 Å². The molecule has 88 valence electrons. The van der Waals surface area contributed by atoms with E-state index in [4.69, 9.17) is 9.26 Å². The quantitative estimate of drug-likeness (QED) is 0.720. The third-order valence-electron chi connectivity index (χ3n) is 2.11. The zero-order valence-corrected chi connectivity index (χ0v) is 9.66. The number of rotatable bonds is 3. The van der Waals surface area contributed by atoms with Gasteiger partial charge in [-0.3, -0.25) is 4.79 Å². The van der Waals surface area contributed by atoms with Gasteiger partial charge in [-0.2, -0.15) is 16.7 Å². The molecule has 1 aromatic rings. The van der Waals surface area contributed by atoms with Crippen molar-refractivity contribution in [1.82, 2.24) is 10.1 Å². The lowest BCUT2D eigenvalue weighted by atomic mass is 10.3. The molecule has 7 heteroatoms. The summed E-state index contributed by atoms with van der Waals surface area (Å²) in [4.78, 5) is 15.1. The maximum absolute atomic E-state index is 11.0. The Balaban J connectivity index is 1.98. The zero-order chi connectivity index (χ0) is 11.4. The van der Waals surface area contributed by atoms with Crippen molar-refractivity contribution in [2.45, 2.75) is 12.5 Å². The van der Waals surface area contributed by atoms with Gasteiger partial charge < -0.3 is 14.0 Å². The van der Waals surface area contributed by atoms with Gasteiger partial charge in [0.05, 0.1) is 13.7 Å². The molecule has 0 aliphatic carbocycles. The number of hydrogen-bond donors (Lipinski definition) is 0. The number of carbonyl (C=O) groups excluding carboxylic acids is 1. The molecule has 1 unspecified atom stereocenters. The maximum Gasteiger partial charge on any atom is 0.315 e. The van der Waals surface area contributed by atoms with Crippen molar-refractivity contribution >= 4 is 17.7 Å². The van der Waals surface area contributed by atoms with Crippen LogP contribution in [0.3, 0.4) is 0 Å². The van der Waals surface area contributed by atoms with Crippen molar-refractivity contribution in [2.75, 3.05) is 25.2 Å².